The van der Waals surface area contributed by atoms with Crippen molar-refractivity contribution < 1.29 is 9.47 Å². The van der Waals surface area contributed by atoms with Gasteiger partial charge in [0.15, 0.2) is 5.96 Å². The molecule has 0 bridgehead atoms. The Kier molecular flexibility index (Phi) is 7.80. The van der Waals surface area contributed by atoms with Gasteiger partial charge >= 0.3 is 0 Å². The van der Waals surface area contributed by atoms with Crippen molar-refractivity contribution in [2.24, 2.45) is 4.99 Å². The van der Waals surface area contributed by atoms with Crippen LogP contribution < -0.4 is 10.1 Å². The molecule has 1 N–H and O–H groups in total. The first-order chi connectivity index (χ1) is 15.3. The third-order valence-electron chi connectivity index (χ3n) is 6.15. The monoisotopic (exact) mass is 422 g/mol. The van der Waals surface area contributed by atoms with Crippen LogP contribution >= 0.6 is 0 Å². The fraction of sp³-hybridized carbons (Fsp3) is 0.480. The number of benzene rings is 2. The molecule has 6 nitrogen and oxygen atoms in total. The van der Waals surface area contributed by atoms with Gasteiger partial charge in [0, 0.05) is 57.8 Å². The minimum Gasteiger partial charge on any atom is -0.492 e. The molecule has 2 aliphatic rings. The Hall–Kier alpha value is -2.57. The Labute approximate surface area is 185 Å². The van der Waals surface area contributed by atoms with Crippen LogP contribution in [0.1, 0.15) is 23.5 Å². The van der Waals surface area contributed by atoms with Crippen LogP contribution in [0.3, 0.4) is 0 Å². The lowest BCUT2D eigenvalue weighted by Gasteiger charge is -2.26. The van der Waals surface area contributed by atoms with E-state index in [0.29, 0.717) is 19.1 Å². The Morgan fingerprint density at radius 2 is 1.84 bits per heavy atom. The SMILES string of the molecule is CN=C(NCc1ccccc1OCCN1CCOCC1)N1CCC(c2ccccc2)C1. The van der Waals surface area contributed by atoms with Crippen LogP contribution in [0.15, 0.2) is 59.6 Å². The molecule has 0 aliphatic carbocycles. The van der Waals surface area contributed by atoms with Crippen molar-refractivity contribution in [1.82, 2.24) is 15.1 Å². The normalized spacial score (nSPS) is 20.1. The summed E-state index contributed by atoms with van der Waals surface area (Å²) in [4.78, 5) is 9.29. The molecular weight excluding hydrogens is 388 g/mol. The number of hydrogen-bond donors (Lipinski definition) is 1. The summed E-state index contributed by atoms with van der Waals surface area (Å²) in [5, 5.41) is 3.55. The zero-order chi connectivity index (χ0) is 21.3. The molecule has 0 amide bonds. The lowest BCUT2D eigenvalue weighted by Crippen LogP contribution is -2.39. The van der Waals surface area contributed by atoms with Gasteiger partial charge in [0.1, 0.15) is 12.4 Å². The molecule has 2 heterocycles. The van der Waals surface area contributed by atoms with Crippen molar-refractivity contribution in [3.8, 4) is 5.75 Å². The van der Waals surface area contributed by atoms with Gasteiger partial charge in [-0.1, -0.05) is 48.5 Å². The second-order valence-corrected chi connectivity index (χ2v) is 8.15. The highest BCUT2D eigenvalue weighted by Gasteiger charge is 2.26. The van der Waals surface area contributed by atoms with Crippen molar-refractivity contribution in [3.63, 3.8) is 0 Å². The fourth-order valence-corrected chi connectivity index (χ4v) is 4.36. The van der Waals surface area contributed by atoms with Gasteiger partial charge in [-0.25, -0.2) is 0 Å². The summed E-state index contributed by atoms with van der Waals surface area (Å²) < 4.78 is 11.5. The number of guanidine groups is 1. The largest absolute Gasteiger partial charge is 0.492 e. The average molecular weight is 423 g/mol. The van der Waals surface area contributed by atoms with Crippen molar-refractivity contribution in [2.45, 2.75) is 18.9 Å². The Morgan fingerprint density at radius 1 is 1.06 bits per heavy atom. The van der Waals surface area contributed by atoms with Crippen molar-refractivity contribution in [3.05, 3.63) is 65.7 Å². The van der Waals surface area contributed by atoms with E-state index in [1.807, 2.05) is 13.1 Å². The van der Waals surface area contributed by atoms with E-state index in [4.69, 9.17) is 9.47 Å². The molecule has 2 saturated heterocycles. The van der Waals surface area contributed by atoms with Gasteiger partial charge in [-0.3, -0.25) is 9.89 Å². The number of ether oxygens (including phenoxy) is 2. The van der Waals surface area contributed by atoms with E-state index >= 15 is 0 Å². The number of likely N-dealkylation sites (tertiary alicyclic amines) is 1. The van der Waals surface area contributed by atoms with Crippen LogP contribution in [0, 0.1) is 0 Å². The summed E-state index contributed by atoms with van der Waals surface area (Å²) in [5.41, 5.74) is 2.57. The molecule has 166 valence electrons. The number of rotatable bonds is 7. The molecule has 2 aromatic carbocycles. The van der Waals surface area contributed by atoms with Gasteiger partial charge in [-0.2, -0.15) is 0 Å². The van der Waals surface area contributed by atoms with E-state index in [1.54, 1.807) is 0 Å². The highest BCUT2D eigenvalue weighted by atomic mass is 16.5. The molecule has 1 atom stereocenters. The van der Waals surface area contributed by atoms with Gasteiger partial charge in [-0.05, 0) is 18.1 Å². The molecule has 31 heavy (non-hydrogen) atoms. The van der Waals surface area contributed by atoms with Gasteiger partial charge in [0.25, 0.3) is 0 Å². The smallest absolute Gasteiger partial charge is 0.193 e. The molecule has 0 radical (unpaired) electrons. The lowest BCUT2D eigenvalue weighted by atomic mass is 9.99. The molecule has 6 heteroatoms. The van der Waals surface area contributed by atoms with E-state index in [0.717, 1.165) is 69.6 Å². The molecule has 4 rings (SSSR count). The zero-order valence-corrected chi connectivity index (χ0v) is 18.5. The predicted molar refractivity (Wildman–Crippen MR) is 125 cm³/mol. The summed E-state index contributed by atoms with van der Waals surface area (Å²) in [7, 11) is 1.86. The summed E-state index contributed by atoms with van der Waals surface area (Å²) in [6.45, 7) is 7.97. The maximum Gasteiger partial charge on any atom is 0.193 e. The van der Waals surface area contributed by atoms with Crippen molar-refractivity contribution in [1.29, 1.82) is 0 Å². The van der Waals surface area contributed by atoms with Gasteiger partial charge < -0.3 is 19.7 Å². The molecule has 0 aromatic heterocycles. The molecular formula is C25H34N4O2. The van der Waals surface area contributed by atoms with E-state index in [2.05, 4.69) is 68.6 Å². The third-order valence-corrected chi connectivity index (χ3v) is 6.15. The highest BCUT2D eigenvalue weighted by Crippen LogP contribution is 2.27. The summed E-state index contributed by atoms with van der Waals surface area (Å²) >= 11 is 0. The topological polar surface area (TPSA) is 49.3 Å². The Balaban J connectivity index is 1.29. The zero-order valence-electron chi connectivity index (χ0n) is 18.5. The summed E-state index contributed by atoms with van der Waals surface area (Å²) in [5.74, 6) is 2.47. The van der Waals surface area contributed by atoms with Gasteiger partial charge in [0.2, 0.25) is 0 Å². The van der Waals surface area contributed by atoms with Crippen LogP contribution in [0.25, 0.3) is 0 Å². The van der Waals surface area contributed by atoms with E-state index in [1.165, 1.54) is 5.56 Å². The Bertz CT molecular complexity index is 836. The fourth-order valence-electron chi connectivity index (χ4n) is 4.36. The van der Waals surface area contributed by atoms with E-state index < -0.39 is 0 Å². The average Bonchev–Trinajstić information content (AvgIpc) is 3.32. The number of nitrogens with zero attached hydrogens (tertiary/aromatic N) is 3. The second kappa shape index (κ2) is 11.2. The van der Waals surface area contributed by atoms with E-state index in [-0.39, 0.29) is 0 Å². The minimum absolute atomic E-state index is 0.565. The number of nitrogens with one attached hydrogen (secondary N) is 1. The molecule has 0 saturated carbocycles. The molecule has 2 fully saturated rings. The highest BCUT2D eigenvalue weighted by molar-refractivity contribution is 5.80. The maximum atomic E-state index is 6.13. The first kappa shape index (κ1) is 21.7. The van der Waals surface area contributed by atoms with Gasteiger partial charge in [-0.15, -0.1) is 0 Å². The standard InChI is InChI=1S/C25H34N4O2/c1-26-25(29-12-11-23(20-29)21-7-3-2-4-8-21)27-19-22-9-5-6-10-24(22)31-18-15-28-13-16-30-17-14-28/h2-10,23H,11-20H2,1H3,(H,26,27). The second-order valence-electron chi connectivity index (χ2n) is 8.15. The summed E-state index contributed by atoms with van der Waals surface area (Å²) in [6, 6.07) is 19.1. The van der Waals surface area contributed by atoms with Crippen molar-refractivity contribution >= 4 is 5.96 Å². The van der Waals surface area contributed by atoms with Crippen molar-refractivity contribution in [2.75, 3.05) is 59.6 Å². The number of morpholine rings is 1. The van der Waals surface area contributed by atoms with Crippen LogP contribution in [0.2, 0.25) is 0 Å². The molecule has 0 spiro atoms. The molecule has 2 aromatic rings. The predicted octanol–water partition coefficient (Wildman–Crippen LogP) is 2.96. The first-order valence-corrected chi connectivity index (χ1v) is 11.3. The maximum absolute atomic E-state index is 6.13. The number of para-hydroxylation sites is 1. The Morgan fingerprint density at radius 3 is 2.65 bits per heavy atom. The minimum atomic E-state index is 0.565. The number of aliphatic imine (C=N–C) groups is 1. The van der Waals surface area contributed by atoms with Gasteiger partial charge in [0.05, 0.1) is 13.2 Å². The number of hydrogen-bond acceptors (Lipinski definition) is 4. The van der Waals surface area contributed by atoms with Crippen LogP contribution in [-0.4, -0.2) is 75.4 Å². The lowest BCUT2D eigenvalue weighted by molar-refractivity contribution is 0.0322. The molecule has 2 aliphatic heterocycles. The van der Waals surface area contributed by atoms with E-state index in [9.17, 15) is 0 Å². The van der Waals surface area contributed by atoms with Crippen LogP contribution in [0.5, 0.6) is 5.75 Å². The summed E-state index contributed by atoms with van der Waals surface area (Å²) in [6.07, 6.45) is 1.16. The van der Waals surface area contributed by atoms with Crippen LogP contribution in [-0.2, 0) is 11.3 Å². The molecule has 1 unspecified atom stereocenters. The third kappa shape index (κ3) is 5.99. The van der Waals surface area contributed by atoms with Crippen LogP contribution in [0.4, 0.5) is 0 Å². The quantitative estimate of drug-likeness (QED) is 0.549. The first-order valence-electron chi connectivity index (χ1n) is 11.3.